The van der Waals surface area contributed by atoms with E-state index in [4.69, 9.17) is 0 Å². The summed E-state index contributed by atoms with van der Waals surface area (Å²) in [5.41, 5.74) is 1.90. The molecular weight excluding hydrogens is 356 g/mol. The molecule has 3 rings (SSSR count). The lowest BCUT2D eigenvalue weighted by Gasteiger charge is -2.18. The lowest BCUT2D eigenvalue weighted by Crippen LogP contribution is -2.26. The van der Waals surface area contributed by atoms with Gasteiger partial charge in [-0.1, -0.05) is 24.3 Å². The molecule has 7 nitrogen and oxygen atoms in total. The van der Waals surface area contributed by atoms with E-state index in [9.17, 15) is 14.9 Å². The van der Waals surface area contributed by atoms with Crippen molar-refractivity contribution < 1.29 is 9.72 Å². The van der Waals surface area contributed by atoms with Crippen molar-refractivity contribution in [2.75, 3.05) is 17.3 Å². The van der Waals surface area contributed by atoms with Gasteiger partial charge in [0.2, 0.25) is 0 Å². The molecule has 1 heterocycles. The first-order valence-electron chi connectivity index (χ1n) is 8.76. The fraction of sp³-hybridized carbons (Fsp3) is 0.143. The van der Waals surface area contributed by atoms with Gasteiger partial charge in [-0.15, -0.1) is 0 Å². The van der Waals surface area contributed by atoms with E-state index < -0.39 is 4.92 Å². The number of amides is 1. The summed E-state index contributed by atoms with van der Waals surface area (Å²) in [6.45, 7) is 1.87. The van der Waals surface area contributed by atoms with Crippen LogP contribution in [0.15, 0.2) is 72.9 Å². The van der Waals surface area contributed by atoms with Gasteiger partial charge in [-0.05, 0) is 43.3 Å². The van der Waals surface area contributed by atoms with E-state index in [2.05, 4.69) is 10.3 Å². The Balaban J connectivity index is 1.87. The molecule has 0 aliphatic heterocycles. The van der Waals surface area contributed by atoms with Gasteiger partial charge < -0.3 is 10.2 Å². The summed E-state index contributed by atoms with van der Waals surface area (Å²) in [4.78, 5) is 29.6. The van der Waals surface area contributed by atoms with Crippen molar-refractivity contribution in [3.8, 4) is 0 Å². The van der Waals surface area contributed by atoms with Gasteiger partial charge in [0.25, 0.3) is 11.6 Å². The number of carbonyl (C=O) groups excluding carboxylic acids is 1. The molecule has 1 aromatic heterocycles. The Hall–Kier alpha value is -3.74. The molecule has 0 bridgehead atoms. The van der Waals surface area contributed by atoms with E-state index in [1.807, 2.05) is 43.3 Å². The monoisotopic (exact) mass is 376 g/mol. The Morgan fingerprint density at radius 2 is 1.82 bits per heavy atom. The number of anilines is 2. The Labute approximate surface area is 162 Å². The van der Waals surface area contributed by atoms with Gasteiger partial charge in [0.1, 0.15) is 5.69 Å². The zero-order valence-corrected chi connectivity index (χ0v) is 15.6. The number of nitro benzene ring substituents is 1. The molecule has 1 atom stereocenters. The number of aromatic nitrogens is 1. The SMILES string of the molecule is C[C@@H](Nc1ccc(C(=O)N(C)c2ccccc2)cc1[N+](=O)[O-])c1ccccn1. The van der Waals surface area contributed by atoms with E-state index in [-0.39, 0.29) is 23.2 Å². The topological polar surface area (TPSA) is 88.4 Å². The zero-order chi connectivity index (χ0) is 20.1. The van der Waals surface area contributed by atoms with Crippen LogP contribution >= 0.6 is 0 Å². The second-order valence-electron chi connectivity index (χ2n) is 6.31. The highest BCUT2D eigenvalue weighted by Gasteiger charge is 2.21. The predicted octanol–water partition coefficient (Wildman–Crippen LogP) is 4.44. The van der Waals surface area contributed by atoms with Crippen LogP contribution in [0.3, 0.4) is 0 Å². The normalized spacial score (nSPS) is 11.5. The average Bonchev–Trinajstić information content (AvgIpc) is 2.74. The molecule has 142 valence electrons. The van der Waals surface area contributed by atoms with Gasteiger partial charge >= 0.3 is 0 Å². The van der Waals surface area contributed by atoms with Gasteiger partial charge in [0, 0.05) is 30.6 Å². The van der Waals surface area contributed by atoms with E-state index in [0.717, 1.165) is 5.69 Å². The number of nitrogens with zero attached hydrogens (tertiary/aromatic N) is 3. The number of nitrogens with one attached hydrogen (secondary N) is 1. The minimum absolute atomic E-state index is 0.157. The molecule has 7 heteroatoms. The number of nitro groups is 1. The molecule has 0 radical (unpaired) electrons. The second-order valence-corrected chi connectivity index (χ2v) is 6.31. The van der Waals surface area contributed by atoms with Crippen molar-refractivity contribution in [1.82, 2.24) is 4.98 Å². The van der Waals surface area contributed by atoms with Crippen molar-refractivity contribution in [2.45, 2.75) is 13.0 Å². The first-order chi connectivity index (χ1) is 13.5. The van der Waals surface area contributed by atoms with Crippen LogP contribution in [0.2, 0.25) is 0 Å². The largest absolute Gasteiger partial charge is 0.371 e. The maximum Gasteiger partial charge on any atom is 0.293 e. The fourth-order valence-electron chi connectivity index (χ4n) is 2.84. The van der Waals surface area contributed by atoms with Crippen molar-refractivity contribution in [1.29, 1.82) is 0 Å². The zero-order valence-electron chi connectivity index (χ0n) is 15.6. The van der Waals surface area contributed by atoms with E-state index >= 15 is 0 Å². The summed E-state index contributed by atoms with van der Waals surface area (Å²) in [5.74, 6) is -0.321. The molecule has 0 saturated heterocycles. The van der Waals surface area contributed by atoms with Crippen LogP contribution in [0.25, 0.3) is 0 Å². The standard InChI is InChI=1S/C21H20N4O3/c1-15(18-10-6-7-13-22-18)23-19-12-11-16(14-20(19)25(27)28)21(26)24(2)17-8-4-3-5-9-17/h3-15,23H,1-2H3/t15-/m1/s1. The van der Waals surface area contributed by atoms with Crippen LogP contribution in [0.5, 0.6) is 0 Å². The third-order valence-electron chi connectivity index (χ3n) is 4.39. The summed E-state index contributed by atoms with van der Waals surface area (Å²) in [5, 5.41) is 14.7. The van der Waals surface area contributed by atoms with Gasteiger partial charge in [-0.2, -0.15) is 0 Å². The third kappa shape index (κ3) is 4.15. The van der Waals surface area contributed by atoms with Crippen LogP contribution in [0.4, 0.5) is 17.1 Å². The van der Waals surface area contributed by atoms with E-state index in [1.165, 1.54) is 11.0 Å². The predicted molar refractivity (Wildman–Crippen MR) is 109 cm³/mol. The first kappa shape index (κ1) is 19.0. The van der Waals surface area contributed by atoms with E-state index in [0.29, 0.717) is 11.4 Å². The summed E-state index contributed by atoms with van der Waals surface area (Å²) in [6, 6.07) is 18.8. The summed E-state index contributed by atoms with van der Waals surface area (Å²) in [6.07, 6.45) is 1.67. The molecule has 0 unspecified atom stereocenters. The second kappa shape index (κ2) is 8.30. The number of para-hydroxylation sites is 1. The number of benzene rings is 2. The number of carbonyl (C=O) groups is 1. The lowest BCUT2D eigenvalue weighted by molar-refractivity contribution is -0.384. The molecule has 0 spiro atoms. The van der Waals surface area contributed by atoms with Gasteiger partial charge in [-0.3, -0.25) is 19.9 Å². The van der Waals surface area contributed by atoms with Gasteiger partial charge in [0.15, 0.2) is 0 Å². The molecule has 0 aliphatic carbocycles. The Bertz CT molecular complexity index is 977. The molecular formula is C21H20N4O3. The fourth-order valence-corrected chi connectivity index (χ4v) is 2.84. The number of hydrogen-bond acceptors (Lipinski definition) is 5. The minimum atomic E-state index is -0.493. The third-order valence-corrected chi connectivity index (χ3v) is 4.39. The maximum absolute atomic E-state index is 12.7. The molecule has 1 amide bonds. The van der Waals surface area contributed by atoms with Crippen molar-refractivity contribution in [3.63, 3.8) is 0 Å². The summed E-state index contributed by atoms with van der Waals surface area (Å²) >= 11 is 0. The Morgan fingerprint density at radius 3 is 2.46 bits per heavy atom. The minimum Gasteiger partial charge on any atom is -0.371 e. The highest BCUT2D eigenvalue weighted by atomic mass is 16.6. The summed E-state index contributed by atoms with van der Waals surface area (Å²) < 4.78 is 0. The number of rotatable bonds is 6. The molecule has 0 aliphatic rings. The quantitative estimate of drug-likeness (QED) is 0.507. The van der Waals surface area contributed by atoms with Crippen LogP contribution in [-0.2, 0) is 0 Å². The molecule has 0 fully saturated rings. The summed E-state index contributed by atoms with van der Waals surface area (Å²) in [7, 11) is 1.64. The van der Waals surface area contributed by atoms with Gasteiger partial charge in [0.05, 0.1) is 16.7 Å². The van der Waals surface area contributed by atoms with Crippen LogP contribution < -0.4 is 10.2 Å². The number of hydrogen-bond donors (Lipinski definition) is 1. The van der Waals surface area contributed by atoms with Crippen LogP contribution in [0, 0.1) is 10.1 Å². The van der Waals surface area contributed by atoms with Crippen molar-refractivity contribution in [2.24, 2.45) is 0 Å². The molecule has 1 N–H and O–H groups in total. The highest BCUT2D eigenvalue weighted by molar-refractivity contribution is 6.06. The first-order valence-corrected chi connectivity index (χ1v) is 8.76. The maximum atomic E-state index is 12.7. The Kier molecular flexibility index (Phi) is 5.64. The van der Waals surface area contributed by atoms with Gasteiger partial charge in [-0.25, -0.2) is 0 Å². The van der Waals surface area contributed by atoms with Crippen molar-refractivity contribution >= 4 is 23.0 Å². The van der Waals surface area contributed by atoms with Crippen molar-refractivity contribution in [3.05, 3.63) is 94.3 Å². The van der Waals surface area contributed by atoms with Crippen LogP contribution in [-0.4, -0.2) is 22.9 Å². The number of pyridine rings is 1. The smallest absolute Gasteiger partial charge is 0.293 e. The highest BCUT2D eigenvalue weighted by Crippen LogP contribution is 2.29. The Morgan fingerprint density at radius 1 is 1.11 bits per heavy atom. The van der Waals surface area contributed by atoms with Crippen LogP contribution in [0.1, 0.15) is 29.0 Å². The van der Waals surface area contributed by atoms with E-state index in [1.54, 1.807) is 37.5 Å². The molecule has 0 saturated carbocycles. The molecule has 28 heavy (non-hydrogen) atoms. The average molecular weight is 376 g/mol. The lowest BCUT2D eigenvalue weighted by atomic mass is 10.1. The molecule has 2 aromatic carbocycles. The molecule has 3 aromatic rings.